The first-order valence-electron chi connectivity index (χ1n) is 14.1. The summed E-state index contributed by atoms with van der Waals surface area (Å²) in [5.74, 6) is -3.35. The second-order valence-corrected chi connectivity index (χ2v) is 10.7. The predicted octanol–water partition coefficient (Wildman–Crippen LogP) is 1.18. The first kappa shape index (κ1) is 29.0. The van der Waals surface area contributed by atoms with Gasteiger partial charge >= 0.3 is 0 Å². The second-order valence-electron chi connectivity index (χ2n) is 10.7. The van der Waals surface area contributed by atoms with Gasteiger partial charge in [-0.2, -0.15) is 5.10 Å². The summed E-state index contributed by atoms with van der Waals surface area (Å²) in [4.78, 5) is 65.5. The molecule has 4 amide bonds. The quantitative estimate of drug-likeness (QED) is 0.309. The van der Waals surface area contributed by atoms with Gasteiger partial charge < -0.3 is 21.3 Å². The molecule has 1 aromatic heterocycles. The summed E-state index contributed by atoms with van der Waals surface area (Å²) in [6, 6.07) is 6.86. The first-order chi connectivity index (χ1) is 19.3. The second kappa shape index (κ2) is 13.9. The van der Waals surface area contributed by atoms with Crippen LogP contribution < -0.4 is 21.3 Å². The number of ketones is 1. The Labute approximate surface area is 233 Å². The van der Waals surface area contributed by atoms with Crippen LogP contribution in [0.15, 0.2) is 42.7 Å². The predicted molar refractivity (Wildman–Crippen MR) is 147 cm³/mol. The van der Waals surface area contributed by atoms with Crippen LogP contribution in [0.4, 0.5) is 0 Å². The molecule has 1 saturated carbocycles. The lowest BCUT2D eigenvalue weighted by Crippen LogP contribution is -2.56. The number of Topliss-reactive ketones (excluding diaryl/α,β-unsaturated/α-hetero) is 1. The lowest BCUT2D eigenvalue weighted by molar-refractivity contribution is -0.141. The Morgan fingerprint density at radius 3 is 2.42 bits per heavy atom. The summed E-state index contributed by atoms with van der Waals surface area (Å²) in [6.45, 7) is 0.558. The number of rotatable bonds is 11. The van der Waals surface area contributed by atoms with Crippen LogP contribution in [0.25, 0.3) is 0 Å². The normalized spacial score (nSPS) is 19.1. The number of aryl methyl sites for hydroxylation is 1. The van der Waals surface area contributed by atoms with E-state index in [1.807, 2.05) is 30.3 Å². The zero-order valence-electron chi connectivity index (χ0n) is 22.9. The highest BCUT2D eigenvalue weighted by atomic mass is 16.2. The number of nitrogens with one attached hydrogen (secondary N) is 4. The molecule has 2 fully saturated rings. The summed E-state index contributed by atoms with van der Waals surface area (Å²) in [7, 11) is 1.68. The van der Waals surface area contributed by atoms with Crippen LogP contribution in [0.2, 0.25) is 0 Å². The van der Waals surface area contributed by atoms with Crippen molar-refractivity contribution in [2.24, 2.45) is 13.0 Å². The van der Waals surface area contributed by atoms with Crippen LogP contribution >= 0.6 is 0 Å². The molecule has 40 heavy (non-hydrogen) atoms. The van der Waals surface area contributed by atoms with Crippen molar-refractivity contribution in [3.8, 4) is 0 Å². The molecule has 4 rings (SSSR count). The van der Waals surface area contributed by atoms with E-state index >= 15 is 0 Å². The highest BCUT2D eigenvalue weighted by Crippen LogP contribution is 2.20. The molecule has 1 saturated heterocycles. The average Bonchev–Trinajstić information content (AvgIpc) is 3.40. The summed E-state index contributed by atoms with van der Waals surface area (Å²) < 4.78 is 1.48. The molecule has 1 aliphatic heterocycles. The third kappa shape index (κ3) is 8.00. The summed E-state index contributed by atoms with van der Waals surface area (Å²) in [5.41, 5.74) is 1.09. The van der Waals surface area contributed by atoms with Crippen LogP contribution in [0.3, 0.4) is 0 Å². The maximum absolute atomic E-state index is 13.6. The molecule has 0 spiro atoms. The van der Waals surface area contributed by atoms with E-state index in [-0.39, 0.29) is 30.4 Å². The fourth-order valence-electron chi connectivity index (χ4n) is 5.35. The minimum atomic E-state index is -1.21. The molecular weight excluding hydrogens is 512 g/mol. The van der Waals surface area contributed by atoms with Gasteiger partial charge in [-0.3, -0.25) is 28.7 Å². The van der Waals surface area contributed by atoms with Gasteiger partial charge in [-0.05, 0) is 37.7 Å². The van der Waals surface area contributed by atoms with E-state index in [2.05, 4.69) is 26.4 Å². The third-order valence-electron chi connectivity index (χ3n) is 7.59. The number of nitrogens with zero attached hydrogens (tertiary/aromatic N) is 2. The van der Waals surface area contributed by atoms with Crippen molar-refractivity contribution >= 4 is 29.4 Å². The van der Waals surface area contributed by atoms with Crippen LogP contribution in [-0.4, -0.2) is 63.9 Å². The molecule has 4 N–H and O–H groups in total. The maximum atomic E-state index is 13.6. The third-order valence-corrected chi connectivity index (χ3v) is 7.59. The Bertz CT molecular complexity index is 1210. The van der Waals surface area contributed by atoms with Gasteiger partial charge in [0.2, 0.25) is 17.6 Å². The van der Waals surface area contributed by atoms with Crippen LogP contribution in [0.1, 0.15) is 67.3 Å². The number of hydrogen-bond acceptors (Lipinski definition) is 6. The van der Waals surface area contributed by atoms with E-state index in [1.54, 1.807) is 7.05 Å². The minimum absolute atomic E-state index is 0.00308. The molecule has 11 heteroatoms. The lowest BCUT2D eigenvalue weighted by Gasteiger charge is -2.28. The van der Waals surface area contributed by atoms with Crippen molar-refractivity contribution in [3.05, 3.63) is 53.9 Å². The fraction of sp³-hybridized carbons (Fsp3) is 0.517. The number of benzene rings is 1. The zero-order valence-corrected chi connectivity index (χ0v) is 22.9. The molecule has 1 aromatic carbocycles. The largest absolute Gasteiger partial charge is 0.356 e. The number of aromatic nitrogens is 2. The molecule has 0 radical (unpaired) electrons. The van der Waals surface area contributed by atoms with Crippen LogP contribution in [0, 0.1) is 5.92 Å². The van der Waals surface area contributed by atoms with Crippen molar-refractivity contribution in [2.45, 2.75) is 75.9 Å². The van der Waals surface area contributed by atoms with Crippen molar-refractivity contribution < 1.29 is 24.0 Å². The highest BCUT2D eigenvalue weighted by Gasteiger charge is 2.35. The first-order valence-corrected chi connectivity index (χ1v) is 14.1. The number of carbonyl (C=O) groups is 5. The van der Waals surface area contributed by atoms with Crippen molar-refractivity contribution in [3.63, 3.8) is 0 Å². The van der Waals surface area contributed by atoms with Gasteiger partial charge in [-0.15, -0.1) is 0 Å². The lowest BCUT2D eigenvalue weighted by atomic mass is 9.89. The van der Waals surface area contributed by atoms with Gasteiger partial charge in [0.25, 0.3) is 11.8 Å². The monoisotopic (exact) mass is 550 g/mol. The van der Waals surface area contributed by atoms with Gasteiger partial charge in [-0.1, -0.05) is 49.6 Å². The molecule has 3 atom stereocenters. The smallest absolute Gasteiger partial charge is 0.289 e. The summed E-state index contributed by atoms with van der Waals surface area (Å²) in [6.07, 6.45) is 9.09. The molecule has 214 valence electrons. The Balaban J connectivity index is 1.52. The standard InChI is InChI=1S/C29H38N6O5/c1-35-18-21(17-31-35)27(38)34-24(15-19-9-4-2-5-10-19)28(39)33-23(16-20-11-8-14-30-26(20)37)25(36)29(40)32-22-12-6-3-7-13-22/h2,4-5,9-10,17-18,20,22-24H,3,6-8,11-16H2,1H3,(H,30,37)(H,32,40)(H,33,39)(H,34,38)/t20-,23-,24-/m0/s1. The van der Waals surface area contributed by atoms with Gasteiger partial charge in [0.15, 0.2) is 0 Å². The Morgan fingerprint density at radius 2 is 1.75 bits per heavy atom. The number of carbonyl (C=O) groups excluding carboxylic acids is 5. The Hall–Kier alpha value is -4.02. The van der Waals surface area contributed by atoms with Crippen LogP contribution in [-0.2, 0) is 32.6 Å². The Kier molecular flexibility index (Phi) is 10.0. The van der Waals surface area contributed by atoms with Gasteiger partial charge in [0, 0.05) is 38.2 Å². The van der Waals surface area contributed by atoms with Crippen molar-refractivity contribution in [1.82, 2.24) is 31.0 Å². The maximum Gasteiger partial charge on any atom is 0.289 e. The average molecular weight is 551 g/mol. The van der Waals surface area contributed by atoms with Gasteiger partial charge in [-0.25, -0.2) is 0 Å². The molecule has 0 unspecified atom stereocenters. The van der Waals surface area contributed by atoms with E-state index in [9.17, 15) is 24.0 Å². The van der Waals surface area contributed by atoms with Gasteiger partial charge in [0.05, 0.1) is 17.8 Å². The fourth-order valence-corrected chi connectivity index (χ4v) is 5.35. The van der Waals surface area contributed by atoms with E-state index < -0.39 is 41.5 Å². The van der Waals surface area contributed by atoms with E-state index in [0.29, 0.717) is 13.0 Å². The molecule has 2 heterocycles. The highest BCUT2D eigenvalue weighted by molar-refractivity contribution is 6.38. The number of hydrogen-bond donors (Lipinski definition) is 4. The van der Waals surface area contributed by atoms with E-state index in [0.717, 1.165) is 44.1 Å². The number of piperidine rings is 1. The Morgan fingerprint density at radius 1 is 1.00 bits per heavy atom. The van der Waals surface area contributed by atoms with E-state index in [4.69, 9.17) is 0 Å². The molecular formula is C29H38N6O5. The van der Waals surface area contributed by atoms with Crippen molar-refractivity contribution in [2.75, 3.05) is 6.54 Å². The SMILES string of the molecule is Cn1cc(C(=O)N[C@@H](Cc2ccccc2)C(=O)N[C@@H](C[C@@H]2CCCNC2=O)C(=O)C(=O)NC2CCCCC2)cn1. The molecule has 11 nitrogen and oxygen atoms in total. The van der Waals surface area contributed by atoms with Crippen LogP contribution in [0.5, 0.6) is 0 Å². The van der Waals surface area contributed by atoms with Crippen molar-refractivity contribution in [1.29, 1.82) is 0 Å². The molecule has 0 bridgehead atoms. The summed E-state index contributed by atoms with van der Waals surface area (Å²) >= 11 is 0. The molecule has 2 aliphatic rings. The van der Waals surface area contributed by atoms with E-state index in [1.165, 1.54) is 17.1 Å². The minimum Gasteiger partial charge on any atom is -0.356 e. The molecule has 2 aromatic rings. The topological polar surface area (TPSA) is 151 Å². The zero-order chi connectivity index (χ0) is 28.5. The number of amides is 4. The molecule has 1 aliphatic carbocycles. The van der Waals surface area contributed by atoms with Gasteiger partial charge in [0.1, 0.15) is 6.04 Å². The summed E-state index contributed by atoms with van der Waals surface area (Å²) in [5, 5.41) is 15.1.